The van der Waals surface area contributed by atoms with Gasteiger partial charge in [0, 0.05) is 6.54 Å². The summed E-state index contributed by atoms with van der Waals surface area (Å²) in [7, 11) is -3.17. The van der Waals surface area contributed by atoms with Crippen LogP contribution in [0.5, 0.6) is 5.75 Å². The van der Waals surface area contributed by atoms with Crippen molar-refractivity contribution in [3.63, 3.8) is 0 Å². The molecule has 2 aliphatic rings. The van der Waals surface area contributed by atoms with Crippen molar-refractivity contribution in [1.82, 2.24) is 4.72 Å². The lowest BCUT2D eigenvalue weighted by Crippen LogP contribution is -2.31. The smallest absolute Gasteiger partial charge is 0.211 e. The molecule has 1 saturated carbocycles. The first-order valence-electron chi connectivity index (χ1n) is 10.2. The highest BCUT2D eigenvalue weighted by Gasteiger charge is 2.34. The second-order valence-electron chi connectivity index (χ2n) is 8.51. The van der Waals surface area contributed by atoms with Crippen molar-refractivity contribution in [3.8, 4) is 5.75 Å². The number of hydrogen-bond donors (Lipinski definition) is 1. The molecule has 0 spiro atoms. The Labute approximate surface area is 168 Å². The summed E-state index contributed by atoms with van der Waals surface area (Å²) in [6.45, 7) is 2.99. The van der Waals surface area contributed by atoms with E-state index in [9.17, 15) is 8.42 Å². The highest BCUT2D eigenvalue weighted by atomic mass is 32.2. The highest BCUT2D eigenvalue weighted by Crippen LogP contribution is 2.42. The summed E-state index contributed by atoms with van der Waals surface area (Å²) in [6.07, 6.45) is 5.33. The van der Waals surface area contributed by atoms with Crippen LogP contribution in [0.25, 0.3) is 0 Å². The van der Waals surface area contributed by atoms with E-state index in [2.05, 4.69) is 54.1 Å². The molecule has 0 amide bonds. The van der Waals surface area contributed by atoms with Crippen molar-refractivity contribution in [1.29, 1.82) is 0 Å². The van der Waals surface area contributed by atoms with Crippen molar-refractivity contribution >= 4 is 10.0 Å². The van der Waals surface area contributed by atoms with Gasteiger partial charge in [-0.25, -0.2) is 13.1 Å². The number of aryl methyl sites for hydroxylation is 1. The van der Waals surface area contributed by atoms with Gasteiger partial charge in [0.25, 0.3) is 0 Å². The number of fused-ring (bicyclic) bond motifs is 1. The average molecular weight is 400 g/mol. The molecule has 4 nitrogen and oxygen atoms in total. The fourth-order valence-electron chi connectivity index (χ4n) is 4.22. The zero-order valence-electron chi connectivity index (χ0n) is 16.5. The van der Waals surface area contributed by atoms with Gasteiger partial charge in [0.05, 0.1) is 5.75 Å². The maximum Gasteiger partial charge on any atom is 0.211 e. The maximum atomic E-state index is 11.9. The molecule has 0 radical (unpaired) electrons. The standard InChI is InChI=1S/C23H29NO3S/c1-23(16-18-5-3-2-4-6-18)12-11-20-9-10-21(15-22(20)23)27-14-13-24-28(25,26)17-19-7-8-19/h2-6,9-10,15,19,24H,7-8,11-14,16-17H2,1H3. The minimum atomic E-state index is -3.17. The molecule has 0 aliphatic heterocycles. The lowest BCUT2D eigenvalue weighted by Gasteiger charge is -2.26. The number of hydrogen-bond acceptors (Lipinski definition) is 3. The number of sulfonamides is 1. The lowest BCUT2D eigenvalue weighted by molar-refractivity contribution is 0.321. The second-order valence-corrected chi connectivity index (χ2v) is 10.4. The number of rotatable bonds is 9. The van der Waals surface area contributed by atoms with Gasteiger partial charge in [-0.05, 0) is 72.3 Å². The molecule has 2 aromatic rings. The molecule has 2 aliphatic carbocycles. The number of ether oxygens (including phenoxy) is 1. The van der Waals surface area contributed by atoms with Crippen LogP contribution in [-0.2, 0) is 28.3 Å². The van der Waals surface area contributed by atoms with Gasteiger partial charge in [0.2, 0.25) is 10.0 Å². The monoisotopic (exact) mass is 399 g/mol. The Bertz CT molecular complexity index is 922. The van der Waals surface area contributed by atoms with Gasteiger partial charge in [0.1, 0.15) is 12.4 Å². The Hall–Kier alpha value is -1.85. The summed E-state index contributed by atoms with van der Waals surface area (Å²) in [5.74, 6) is 1.43. The molecule has 0 bridgehead atoms. The van der Waals surface area contributed by atoms with Gasteiger partial charge in [-0.1, -0.05) is 43.3 Å². The molecule has 0 saturated heterocycles. The van der Waals surface area contributed by atoms with Gasteiger partial charge in [-0.2, -0.15) is 0 Å². The minimum Gasteiger partial charge on any atom is -0.492 e. The van der Waals surface area contributed by atoms with Crippen molar-refractivity contribution in [3.05, 3.63) is 65.2 Å². The molecule has 150 valence electrons. The Balaban J connectivity index is 1.36. The van der Waals surface area contributed by atoms with Gasteiger partial charge in [-0.3, -0.25) is 0 Å². The zero-order chi connectivity index (χ0) is 19.6. The predicted molar refractivity (Wildman–Crippen MR) is 112 cm³/mol. The fraction of sp³-hybridized carbons (Fsp3) is 0.478. The topological polar surface area (TPSA) is 55.4 Å². The first-order valence-corrected chi connectivity index (χ1v) is 11.9. The van der Waals surface area contributed by atoms with E-state index in [0.717, 1.165) is 37.9 Å². The van der Waals surface area contributed by atoms with E-state index in [1.807, 2.05) is 6.07 Å². The molecule has 1 atom stereocenters. The van der Waals surface area contributed by atoms with Crippen molar-refractivity contribution in [2.45, 2.75) is 44.4 Å². The number of nitrogens with one attached hydrogen (secondary N) is 1. The summed E-state index contributed by atoms with van der Waals surface area (Å²) < 4.78 is 32.4. The largest absolute Gasteiger partial charge is 0.492 e. The van der Waals surface area contributed by atoms with E-state index in [-0.39, 0.29) is 11.2 Å². The summed E-state index contributed by atoms with van der Waals surface area (Å²) in [5, 5.41) is 0. The van der Waals surface area contributed by atoms with Crippen LogP contribution in [0.1, 0.15) is 42.9 Å². The minimum absolute atomic E-state index is 0.113. The van der Waals surface area contributed by atoms with E-state index in [1.165, 1.54) is 16.7 Å². The Morgan fingerprint density at radius 1 is 1.14 bits per heavy atom. The first-order chi connectivity index (χ1) is 13.4. The normalized spacial score (nSPS) is 21.5. The van der Waals surface area contributed by atoms with E-state index in [0.29, 0.717) is 19.1 Å². The third-order valence-corrected chi connectivity index (χ3v) is 7.51. The van der Waals surface area contributed by atoms with Crippen LogP contribution >= 0.6 is 0 Å². The van der Waals surface area contributed by atoms with Crippen molar-refractivity contribution < 1.29 is 13.2 Å². The van der Waals surface area contributed by atoms with Crippen LogP contribution in [0.15, 0.2) is 48.5 Å². The van der Waals surface area contributed by atoms with Crippen LogP contribution in [0.3, 0.4) is 0 Å². The van der Waals surface area contributed by atoms with Gasteiger partial charge in [0.15, 0.2) is 0 Å². The first kappa shape index (κ1) is 19.5. The van der Waals surface area contributed by atoms with E-state index in [1.54, 1.807) is 0 Å². The second kappa shape index (κ2) is 7.88. The third kappa shape index (κ3) is 4.76. The molecular weight excluding hydrogens is 370 g/mol. The molecule has 2 aromatic carbocycles. The Morgan fingerprint density at radius 2 is 1.93 bits per heavy atom. The lowest BCUT2D eigenvalue weighted by atomic mass is 9.78. The van der Waals surface area contributed by atoms with Gasteiger partial charge < -0.3 is 4.74 Å². The van der Waals surface area contributed by atoms with E-state index >= 15 is 0 Å². The zero-order valence-corrected chi connectivity index (χ0v) is 17.3. The molecule has 0 heterocycles. The SMILES string of the molecule is CC1(Cc2ccccc2)CCc2ccc(OCCNS(=O)(=O)CC3CC3)cc21. The van der Waals surface area contributed by atoms with Crippen LogP contribution < -0.4 is 9.46 Å². The summed E-state index contributed by atoms with van der Waals surface area (Å²) >= 11 is 0. The fourth-order valence-corrected chi connectivity index (χ4v) is 5.69. The maximum absolute atomic E-state index is 11.9. The quantitative estimate of drug-likeness (QED) is 0.652. The Morgan fingerprint density at radius 3 is 2.68 bits per heavy atom. The molecule has 1 N–H and O–H groups in total. The van der Waals surface area contributed by atoms with Gasteiger partial charge in [-0.15, -0.1) is 0 Å². The van der Waals surface area contributed by atoms with Crippen molar-refractivity contribution in [2.24, 2.45) is 5.92 Å². The van der Waals surface area contributed by atoms with Crippen LogP contribution in [0.2, 0.25) is 0 Å². The third-order valence-electron chi connectivity index (χ3n) is 5.96. The highest BCUT2D eigenvalue weighted by molar-refractivity contribution is 7.89. The van der Waals surface area contributed by atoms with Crippen LogP contribution in [0.4, 0.5) is 0 Å². The molecule has 1 fully saturated rings. The summed E-state index contributed by atoms with van der Waals surface area (Å²) in [6, 6.07) is 17.0. The van der Waals surface area contributed by atoms with Gasteiger partial charge >= 0.3 is 0 Å². The molecule has 1 unspecified atom stereocenters. The Kier molecular flexibility index (Phi) is 5.48. The van der Waals surface area contributed by atoms with E-state index < -0.39 is 10.0 Å². The predicted octanol–water partition coefficient (Wildman–Crippen LogP) is 3.84. The number of benzene rings is 2. The summed E-state index contributed by atoms with van der Waals surface area (Å²) in [4.78, 5) is 0. The molecule has 4 rings (SSSR count). The molecule has 28 heavy (non-hydrogen) atoms. The van der Waals surface area contributed by atoms with E-state index in [4.69, 9.17) is 4.74 Å². The summed E-state index contributed by atoms with van der Waals surface area (Å²) in [5.41, 5.74) is 4.23. The molecule has 0 aromatic heterocycles. The van der Waals surface area contributed by atoms with Crippen LogP contribution in [-0.4, -0.2) is 27.3 Å². The average Bonchev–Trinajstić information content (AvgIpc) is 3.42. The molecular formula is C23H29NO3S. The van der Waals surface area contributed by atoms with Crippen LogP contribution in [0, 0.1) is 5.92 Å². The molecule has 5 heteroatoms. The van der Waals surface area contributed by atoms with Crippen molar-refractivity contribution in [2.75, 3.05) is 18.9 Å².